The van der Waals surface area contributed by atoms with Gasteiger partial charge in [-0.3, -0.25) is 0 Å². The molecule has 0 aromatic heterocycles. The molecule has 0 aromatic carbocycles. The molecule has 0 saturated carbocycles. The van der Waals surface area contributed by atoms with E-state index in [1.54, 1.807) is 7.11 Å². The van der Waals surface area contributed by atoms with Crippen LogP contribution in [0.5, 0.6) is 0 Å². The average molecular weight is 240 g/mol. The molecule has 0 fully saturated rings. The topological polar surface area (TPSA) is 29.5 Å². The van der Waals surface area contributed by atoms with Gasteiger partial charge in [-0.05, 0) is 0 Å². The standard InChI is InChI=1S/C5H11O2.3CH4.Y/c1-5(3-6)4-7-2;;;;/h5-6H,1,3-4H2,2H3;3*1H4;/q-1;;;;. The summed E-state index contributed by atoms with van der Waals surface area (Å²) in [6.45, 7) is 4.21. The van der Waals surface area contributed by atoms with E-state index in [2.05, 4.69) is 11.7 Å². The van der Waals surface area contributed by atoms with Crippen molar-refractivity contribution in [3.63, 3.8) is 0 Å². The van der Waals surface area contributed by atoms with Crippen LogP contribution in [0.25, 0.3) is 0 Å². The maximum Gasteiger partial charge on any atom is 0.0353 e. The predicted molar refractivity (Wildman–Crippen MR) is 48.0 cm³/mol. The van der Waals surface area contributed by atoms with Crippen LogP contribution in [0, 0.1) is 12.8 Å². The zero-order chi connectivity index (χ0) is 5.70. The molecule has 3 heteroatoms. The number of methoxy groups -OCH3 is 1. The zero-order valence-corrected chi connectivity index (χ0v) is 7.97. The van der Waals surface area contributed by atoms with Gasteiger partial charge in [-0.1, -0.05) is 22.3 Å². The summed E-state index contributed by atoms with van der Waals surface area (Å²) < 4.78 is 4.67. The molecule has 1 N–H and O–H groups in total. The minimum Gasteiger partial charge on any atom is -0.399 e. The fourth-order valence-corrected chi connectivity index (χ4v) is 0.288. The second-order valence-corrected chi connectivity index (χ2v) is 1.50. The van der Waals surface area contributed by atoms with Gasteiger partial charge in [-0.15, -0.1) is 5.92 Å². The smallest absolute Gasteiger partial charge is 0.0353 e. The van der Waals surface area contributed by atoms with Crippen LogP contribution in [0.3, 0.4) is 0 Å². The first kappa shape index (κ1) is 29.6. The molecule has 0 amide bonds. The van der Waals surface area contributed by atoms with Gasteiger partial charge in [0.2, 0.25) is 0 Å². The van der Waals surface area contributed by atoms with Gasteiger partial charge >= 0.3 is 0 Å². The number of aliphatic hydroxyl groups is 1. The number of ether oxygens (including phenoxy) is 1. The van der Waals surface area contributed by atoms with Gasteiger partial charge in [0.15, 0.2) is 0 Å². The first-order valence-corrected chi connectivity index (χ1v) is 2.24. The summed E-state index contributed by atoms with van der Waals surface area (Å²) in [5.74, 6) is 0.0324. The molecule has 0 heterocycles. The van der Waals surface area contributed by atoms with Crippen LogP contribution in [-0.2, 0) is 37.4 Å². The fourth-order valence-electron chi connectivity index (χ4n) is 0.288. The molecule has 2 nitrogen and oxygen atoms in total. The monoisotopic (exact) mass is 240 g/mol. The quantitative estimate of drug-likeness (QED) is 0.764. The van der Waals surface area contributed by atoms with Gasteiger partial charge in [0.1, 0.15) is 0 Å². The van der Waals surface area contributed by atoms with Gasteiger partial charge in [0.05, 0.1) is 0 Å². The summed E-state index contributed by atoms with van der Waals surface area (Å²) in [6, 6.07) is 0. The van der Waals surface area contributed by atoms with Crippen LogP contribution in [-0.4, -0.2) is 25.4 Å². The fraction of sp³-hybridized carbons (Fsp3) is 0.875. The summed E-state index contributed by atoms with van der Waals surface area (Å²) in [6.07, 6.45) is 0. The molecular weight excluding hydrogens is 217 g/mol. The van der Waals surface area contributed by atoms with Crippen molar-refractivity contribution in [2.75, 3.05) is 20.3 Å². The van der Waals surface area contributed by atoms with Crippen molar-refractivity contribution in [2.24, 2.45) is 5.92 Å². The minimum absolute atomic E-state index is 0. The van der Waals surface area contributed by atoms with E-state index in [-0.39, 0.29) is 67.5 Å². The summed E-state index contributed by atoms with van der Waals surface area (Å²) in [7, 11) is 1.59. The van der Waals surface area contributed by atoms with Crippen LogP contribution in [0.2, 0.25) is 0 Å². The largest absolute Gasteiger partial charge is 0.399 e. The minimum atomic E-state index is 0. The van der Waals surface area contributed by atoms with Crippen molar-refractivity contribution < 1.29 is 42.6 Å². The van der Waals surface area contributed by atoms with E-state index in [9.17, 15) is 0 Å². The molecule has 1 unspecified atom stereocenters. The first-order chi connectivity index (χ1) is 3.31. The van der Waals surface area contributed by atoms with Crippen molar-refractivity contribution in [2.45, 2.75) is 22.3 Å². The maximum atomic E-state index is 8.32. The van der Waals surface area contributed by atoms with Crippen LogP contribution >= 0.6 is 0 Å². The van der Waals surface area contributed by atoms with Gasteiger partial charge in [-0.25, -0.2) is 0 Å². The third kappa shape index (κ3) is 24.7. The molecule has 1 atom stereocenters. The number of rotatable bonds is 3. The SMILES string of the molecule is C.C.C.[CH2-]C(CO)COC.[Y]. The van der Waals surface area contributed by atoms with E-state index in [0.29, 0.717) is 6.61 Å². The van der Waals surface area contributed by atoms with Gasteiger partial charge < -0.3 is 16.8 Å². The molecular formula is C8H23O2Y-. The second kappa shape index (κ2) is 22.5. The van der Waals surface area contributed by atoms with Crippen LogP contribution < -0.4 is 0 Å². The number of hydrogen-bond acceptors (Lipinski definition) is 2. The van der Waals surface area contributed by atoms with E-state index in [1.165, 1.54) is 0 Å². The molecule has 0 aliphatic rings. The molecule has 0 aliphatic carbocycles. The van der Waals surface area contributed by atoms with Crippen LogP contribution in [0.1, 0.15) is 22.3 Å². The summed E-state index contributed by atoms with van der Waals surface area (Å²) in [4.78, 5) is 0. The van der Waals surface area contributed by atoms with E-state index < -0.39 is 0 Å². The Morgan fingerprint density at radius 1 is 1.36 bits per heavy atom. The number of aliphatic hydroxyl groups excluding tert-OH is 1. The molecule has 11 heavy (non-hydrogen) atoms. The first-order valence-electron chi connectivity index (χ1n) is 2.24. The molecule has 71 valence electrons. The van der Waals surface area contributed by atoms with Crippen molar-refractivity contribution >= 4 is 0 Å². The normalized spacial score (nSPS) is 9.00. The van der Waals surface area contributed by atoms with E-state index in [1.807, 2.05) is 0 Å². The van der Waals surface area contributed by atoms with Crippen molar-refractivity contribution in [3.8, 4) is 0 Å². The second-order valence-electron chi connectivity index (χ2n) is 1.50. The Morgan fingerprint density at radius 3 is 1.82 bits per heavy atom. The third-order valence-corrected chi connectivity index (χ3v) is 0.661. The number of hydrogen-bond donors (Lipinski definition) is 1. The maximum absolute atomic E-state index is 8.32. The Kier molecular flexibility index (Phi) is 60.5. The molecule has 0 aliphatic heterocycles. The van der Waals surface area contributed by atoms with Crippen LogP contribution in [0.4, 0.5) is 0 Å². The van der Waals surface area contributed by atoms with Gasteiger partial charge in [0, 0.05) is 53.0 Å². The van der Waals surface area contributed by atoms with Crippen molar-refractivity contribution in [1.82, 2.24) is 0 Å². The molecule has 0 spiro atoms. The van der Waals surface area contributed by atoms with E-state index >= 15 is 0 Å². The molecule has 1 radical (unpaired) electrons. The molecule has 0 saturated heterocycles. The van der Waals surface area contributed by atoms with Crippen molar-refractivity contribution in [3.05, 3.63) is 6.92 Å². The Bertz CT molecular complexity index is 43.1. The van der Waals surface area contributed by atoms with E-state index in [4.69, 9.17) is 5.11 Å². The summed E-state index contributed by atoms with van der Waals surface area (Å²) in [5.41, 5.74) is 0. The Morgan fingerprint density at radius 2 is 1.73 bits per heavy atom. The summed E-state index contributed by atoms with van der Waals surface area (Å²) in [5, 5.41) is 8.32. The molecule has 0 bridgehead atoms. The Balaban J connectivity index is -0.0000000300. The zero-order valence-electron chi connectivity index (χ0n) is 5.13. The van der Waals surface area contributed by atoms with Gasteiger partial charge in [0.25, 0.3) is 0 Å². The van der Waals surface area contributed by atoms with Crippen molar-refractivity contribution in [1.29, 1.82) is 0 Å². The molecule has 0 aromatic rings. The predicted octanol–water partition coefficient (Wildman–Crippen LogP) is 1.98. The summed E-state index contributed by atoms with van der Waals surface area (Å²) >= 11 is 0. The average Bonchev–Trinajstić information content (AvgIpc) is 1.68. The van der Waals surface area contributed by atoms with E-state index in [0.717, 1.165) is 0 Å². The van der Waals surface area contributed by atoms with Crippen LogP contribution in [0.15, 0.2) is 0 Å². The molecule has 0 rings (SSSR count). The Hall–Kier alpha value is 1.02. The Labute approximate surface area is 97.6 Å². The third-order valence-electron chi connectivity index (χ3n) is 0.661. The van der Waals surface area contributed by atoms with Gasteiger partial charge in [-0.2, -0.15) is 0 Å².